The van der Waals surface area contributed by atoms with Gasteiger partial charge in [0.1, 0.15) is 5.82 Å². The molecule has 4 heteroatoms. The maximum absolute atomic E-state index is 13.4. The molecule has 1 aromatic rings. The largest absolute Gasteiger partial charge is 0.313 e. The van der Waals surface area contributed by atoms with Gasteiger partial charge in [-0.2, -0.15) is 0 Å². The Morgan fingerprint density at radius 1 is 1.43 bits per heavy atom. The van der Waals surface area contributed by atoms with Gasteiger partial charge in [-0.05, 0) is 64.6 Å². The molecule has 0 amide bonds. The van der Waals surface area contributed by atoms with Gasteiger partial charge in [0, 0.05) is 25.2 Å². The van der Waals surface area contributed by atoms with Crippen LogP contribution in [0.4, 0.5) is 4.39 Å². The summed E-state index contributed by atoms with van der Waals surface area (Å²) in [5, 5.41) is 3.32. The zero-order valence-corrected chi connectivity index (χ0v) is 13.5. The van der Waals surface area contributed by atoms with E-state index in [1.165, 1.54) is 25.5 Å². The van der Waals surface area contributed by atoms with Crippen LogP contribution in [0.5, 0.6) is 0 Å². The van der Waals surface area contributed by atoms with Crippen molar-refractivity contribution in [3.8, 4) is 0 Å². The number of rotatable bonds is 6. The molecule has 118 valence electrons. The topological polar surface area (TPSA) is 18.5 Å². The predicted molar refractivity (Wildman–Crippen MR) is 86.0 cm³/mol. The van der Waals surface area contributed by atoms with Gasteiger partial charge in [0.15, 0.2) is 0 Å². The summed E-state index contributed by atoms with van der Waals surface area (Å²) in [6.07, 6.45) is 3.58. The lowest BCUT2D eigenvalue weighted by molar-refractivity contribution is 0.129. The molecular formula is C17H28FN3. The van der Waals surface area contributed by atoms with Crippen molar-refractivity contribution in [2.24, 2.45) is 0 Å². The van der Waals surface area contributed by atoms with Gasteiger partial charge in [-0.3, -0.25) is 0 Å². The number of nitrogens with zero attached hydrogens (tertiary/aromatic N) is 2. The van der Waals surface area contributed by atoms with Crippen molar-refractivity contribution < 1.29 is 4.39 Å². The molecule has 1 N–H and O–H groups in total. The highest BCUT2D eigenvalue weighted by Gasteiger charge is 2.22. The van der Waals surface area contributed by atoms with Crippen molar-refractivity contribution in [3.05, 3.63) is 35.6 Å². The molecule has 0 saturated carbocycles. The monoisotopic (exact) mass is 293 g/mol. The van der Waals surface area contributed by atoms with Crippen LogP contribution in [0.15, 0.2) is 24.3 Å². The van der Waals surface area contributed by atoms with E-state index in [2.05, 4.69) is 29.2 Å². The van der Waals surface area contributed by atoms with E-state index in [-0.39, 0.29) is 11.9 Å². The van der Waals surface area contributed by atoms with Crippen molar-refractivity contribution in [2.75, 3.05) is 40.8 Å². The van der Waals surface area contributed by atoms with Crippen LogP contribution in [0.2, 0.25) is 0 Å². The standard InChI is InChI=1S/C17H28FN3/c1-19-17(14-6-4-7-15(18)12-14)9-11-21-10-5-8-16(13-21)20(2)3/h4,6-7,12,16-17,19H,5,8-11,13H2,1-3H3. The number of likely N-dealkylation sites (tertiary alicyclic amines) is 1. The fraction of sp³-hybridized carbons (Fsp3) is 0.647. The fourth-order valence-electron chi connectivity index (χ4n) is 3.17. The van der Waals surface area contributed by atoms with Crippen molar-refractivity contribution in [3.63, 3.8) is 0 Å². The van der Waals surface area contributed by atoms with Crippen LogP contribution in [-0.4, -0.2) is 56.6 Å². The minimum Gasteiger partial charge on any atom is -0.313 e. The van der Waals surface area contributed by atoms with Gasteiger partial charge in [-0.15, -0.1) is 0 Å². The van der Waals surface area contributed by atoms with Crippen molar-refractivity contribution in [2.45, 2.75) is 31.3 Å². The van der Waals surface area contributed by atoms with E-state index in [9.17, 15) is 4.39 Å². The van der Waals surface area contributed by atoms with Crippen LogP contribution in [0.3, 0.4) is 0 Å². The Kier molecular flexibility index (Phi) is 6.15. The van der Waals surface area contributed by atoms with Gasteiger partial charge in [-0.1, -0.05) is 12.1 Å². The first-order chi connectivity index (χ1) is 10.1. The lowest BCUT2D eigenvalue weighted by Crippen LogP contribution is -2.45. The molecule has 0 radical (unpaired) electrons. The molecule has 1 aliphatic heterocycles. The summed E-state index contributed by atoms with van der Waals surface area (Å²) in [5.74, 6) is -0.154. The maximum Gasteiger partial charge on any atom is 0.123 e. The summed E-state index contributed by atoms with van der Waals surface area (Å²) in [6.45, 7) is 3.39. The molecular weight excluding hydrogens is 265 g/mol. The predicted octanol–water partition coefficient (Wildman–Crippen LogP) is 2.50. The molecule has 1 aromatic carbocycles. The Morgan fingerprint density at radius 2 is 2.24 bits per heavy atom. The van der Waals surface area contributed by atoms with Gasteiger partial charge < -0.3 is 15.1 Å². The van der Waals surface area contributed by atoms with E-state index in [4.69, 9.17) is 0 Å². The second-order valence-electron chi connectivity index (χ2n) is 6.25. The molecule has 0 aromatic heterocycles. The molecule has 2 rings (SSSR count). The van der Waals surface area contributed by atoms with Crippen LogP contribution >= 0.6 is 0 Å². The Morgan fingerprint density at radius 3 is 2.90 bits per heavy atom. The summed E-state index contributed by atoms with van der Waals surface area (Å²) >= 11 is 0. The number of hydrogen-bond donors (Lipinski definition) is 1. The van der Waals surface area contributed by atoms with Gasteiger partial charge in [0.2, 0.25) is 0 Å². The van der Waals surface area contributed by atoms with E-state index < -0.39 is 0 Å². The highest BCUT2D eigenvalue weighted by Crippen LogP contribution is 2.20. The first kappa shape index (κ1) is 16.4. The zero-order chi connectivity index (χ0) is 15.2. The third-order valence-corrected chi connectivity index (χ3v) is 4.54. The van der Waals surface area contributed by atoms with Gasteiger partial charge in [-0.25, -0.2) is 4.39 Å². The van der Waals surface area contributed by atoms with Crippen LogP contribution in [0, 0.1) is 5.82 Å². The van der Waals surface area contributed by atoms with Crippen molar-refractivity contribution in [1.82, 2.24) is 15.1 Å². The van der Waals surface area contributed by atoms with Crippen molar-refractivity contribution >= 4 is 0 Å². The number of halogens is 1. The van der Waals surface area contributed by atoms with Crippen molar-refractivity contribution in [1.29, 1.82) is 0 Å². The number of hydrogen-bond acceptors (Lipinski definition) is 3. The third-order valence-electron chi connectivity index (χ3n) is 4.54. The Labute approximate surface area is 128 Å². The molecule has 2 unspecified atom stereocenters. The van der Waals surface area contributed by atoms with E-state index in [1.807, 2.05) is 13.1 Å². The first-order valence-corrected chi connectivity index (χ1v) is 7.91. The molecule has 0 spiro atoms. The van der Waals surface area contributed by atoms with Gasteiger partial charge in [0.25, 0.3) is 0 Å². The summed E-state index contributed by atoms with van der Waals surface area (Å²) in [4.78, 5) is 4.87. The third kappa shape index (κ3) is 4.77. The smallest absolute Gasteiger partial charge is 0.123 e. The lowest BCUT2D eigenvalue weighted by atomic mass is 10.0. The van der Waals surface area contributed by atoms with Crippen LogP contribution in [0.1, 0.15) is 30.9 Å². The van der Waals surface area contributed by atoms with Crippen LogP contribution < -0.4 is 5.32 Å². The van der Waals surface area contributed by atoms with E-state index in [0.717, 1.165) is 25.1 Å². The molecule has 0 bridgehead atoms. The molecule has 1 saturated heterocycles. The van der Waals surface area contributed by atoms with Gasteiger partial charge >= 0.3 is 0 Å². The summed E-state index contributed by atoms with van der Waals surface area (Å²) in [6, 6.07) is 7.82. The number of likely N-dealkylation sites (N-methyl/N-ethyl adjacent to an activating group) is 1. The molecule has 2 atom stereocenters. The quantitative estimate of drug-likeness (QED) is 0.869. The van der Waals surface area contributed by atoms with E-state index >= 15 is 0 Å². The Hall–Kier alpha value is -0.970. The van der Waals surface area contributed by atoms with Crippen LogP contribution in [-0.2, 0) is 0 Å². The lowest BCUT2D eigenvalue weighted by Gasteiger charge is -2.36. The van der Waals surface area contributed by atoms with E-state index in [1.54, 1.807) is 12.1 Å². The fourth-order valence-corrected chi connectivity index (χ4v) is 3.17. The number of nitrogens with one attached hydrogen (secondary N) is 1. The SMILES string of the molecule is CNC(CCN1CCCC(N(C)C)C1)c1cccc(F)c1. The Bertz CT molecular complexity index is 436. The number of benzene rings is 1. The first-order valence-electron chi connectivity index (χ1n) is 7.91. The molecule has 3 nitrogen and oxygen atoms in total. The summed E-state index contributed by atoms with van der Waals surface area (Å²) in [7, 11) is 6.28. The minimum absolute atomic E-state index is 0.154. The summed E-state index contributed by atoms with van der Waals surface area (Å²) in [5.41, 5.74) is 1.04. The second kappa shape index (κ2) is 7.87. The normalized spacial score (nSPS) is 21.7. The zero-order valence-electron chi connectivity index (χ0n) is 13.5. The minimum atomic E-state index is -0.154. The highest BCUT2D eigenvalue weighted by atomic mass is 19.1. The Balaban J connectivity index is 1.88. The maximum atomic E-state index is 13.4. The molecule has 1 heterocycles. The average molecular weight is 293 g/mol. The molecule has 21 heavy (non-hydrogen) atoms. The molecule has 1 fully saturated rings. The van der Waals surface area contributed by atoms with Gasteiger partial charge in [0.05, 0.1) is 0 Å². The van der Waals surface area contributed by atoms with E-state index in [0.29, 0.717) is 6.04 Å². The second-order valence-corrected chi connectivity index (χ2v) is 6.25. The number of piperidine rings is 1. The molecule has 0 aliphatic carbocycles. The highest BCUT2D eigenvalue weighted by molar-refractivity contribution is 5.20. The summed E-state index contributed by atoms with van der Waals surface area (Å²) < 4.78 is 13.4. The average Bonchev–Trinajstić information content (AvgIpc) is 2.48. The molecule has 1 aliphatic rings. The van der Waals surface area contributed by atoms with Crippen LogP contribution in [0.25, 0.3) is 0 Å².